The van der Waals surface area contributed by atoms with Gasteiger partial charge >= 0.3 is 20.0 Å². The van der Waals surface area contributed by atoms with Crippen LogP contribution >= 0.6 is 7.82 Å². The van der Waals surface area contributed by atoms with E-state index in [1.165, 1.54) is 20.4 Å². The van der Waals surface area contributed by atoms with Crippen LogP contribution in [0.2, 0.25) is 0 Å². The minimum Gasteiger partial charge on any atom is -0.475 e. The number of methoxy groups -OCH3 is 1. The highest BCUT2D eigenvalue weighted by Gasteiger charge is 2.54. The first kappa shape index (κ1) is 31.8. The summed E-state index contributed by atoms with van der Waals surface area (Å²) in [5, 5.41) is 29.6. The molecule has 2 aromatic heterocycles. The number of hydrogen-bond acceptors (Lipinski definition) is 12. The number of benzene rings is 1. The van der Waals surface area contributed by atoms with Gasteiger partial charge in [-0.15, -0.1) is 0 Å². The summed E-state index contributed by atoms with van der Waals surface area (Å²) >= 11 is 0. The maximum absolute atomic E-state index is 13.3. The summed E-state index contributed by atoms with van der Waals surface area (Å²) in [6.45, 7) is 1.06. The first-order valence-electron chi connectivity index (χ1n) is 12.3. The Morgan fingerprint density at radius 2 is 1.93 bits per heavy atom. The van der Waals surface area contributed by atoms with E-state index in [0.717, 1.165) is 5.56 Å². The van der Waals surface area contributed by atoms with Crippen LogP contribution in [0.5, 0.6) is 0 Å². The molecular weight excluding hydrogens is 592 g/mol. The third-order valence-corrected chi connectivity index (χ3v) is 8.01. The second-order valence-corrected chi connectivity index (χ2v) is 11.1. The Balaban J connectivity index is 0.000000517. The normalized spacial score (nSPS) is 31.5. The summed E-state index contributed by atoms with van der Waals surface area (Å²) in [5.74, 6) is -2.48. The molecule has 1 aromatic carbocycles. The van der Waals surface area contributed by atoms with E-state index in [0.29, 0.717) is 11.0 Å². The number of nitrogen functional groups attached to an aromatic ring is 1. The molecule has 5 rings (SSSR count). The second-order valence-electron chi connectivity index (χ2n) is 9.47. The monoisotopic (exact) mass is 620 g/mol. The van der Waals surface area contributed by atoms with Crippen LogP contribution in [0.1, 0.15) is 24.8 Å². The highest BCUT2D eigenvalue weighted by Crippen LogP contribution is 2.58. The van der Waals surface area contributed by atoms with Gasteiger partial charge in [-0.2, -0.15) is 13.2 Å². The van der Waals surface area contributed by atoms with Crippen LogP contribution in [0.25, 0.3) is 11.0 Å². The van der Waals surface area contributed by atoms with Gasteiger partial charge in [-0.1, -0.05) is 30.3 Å². The van der Waals surface area contributed by atoms with Gasteiger partial charge in [0.25, 0.3) is 0 Å². The highest BCUT2D eigenvalue weighted by molar-refractivity contribution is 7.48. The Morgan fingerprint density at radius 1 is 1.26 bits per heavy atom. The lowest BCUT2D eigenvalue weighted by atomic mass is 9.96. The Bertz CT molecular complexity index is 1440. The summed E-state index contributed by atoms with van der Waals surface area (Å²) in [4.78, 5) is 17.1. The van der Waals surface area contributed by atoms with Crippen LogP contribution in [-0.2, 0) is 32.4 Å². The van der Waals surface area contributed by atoms with E-state index in [1.54, 1.807) is 16.8 Å². The number of halogens is 3. The third-order valence-electron chi connectivity index (χ3n) is 6.59. The standard InChI is InChI=1S/C22H27N4O8P.C2HF3O2/c1-22(28)18(27)16(33-21(22)26-9-8-14-19(23)24-12-25-20(14)26)11-32-35(29)31-10-15(30-2)17(34-35)13-6-4-3-5-7-13;3-2(4,5)1(6)7/h3-9,12,15-18,21,27-28H,10-11H2,1-2H3,(H2,23,24,25);(H,6,7)/t15-,16-,17-,18-,21-,22-,35-;/m1./s1. The van der Waals surface area contributed by atoms with E-state index >= 15 is 0 Å². The molecule has 2 aliphatic rings. The molecule has 42 heavy (non-hydrogen) atoms. The first-order valence-corrected chi connectivity index (χ1v) is 13.7. The van der Waals surface area contributed by atoms with Crippen molar-refractivity contribution in [3.05, 3.63) is 54.5 Å². The molecule has 5 N–H and O–H groups in total. The van der Waals surface area contributed by atoms with Gasteiger partial charge in [0.05, 0.1) is 18.6 Å². The maximum atomic E-state index is 13.3. The van der Waals surface area contributed by atoms with E-state index in [4.69, 9.17) is 38.7 Å². The van der Waals surface area contributed by atoms with Gasteiger partial charge in [0, 0.05) is 13.3 Å². The van der Waals surface area contributed by atoms with Gasteiger partial charge in [0.15, 0.2) is 6.23 Å². The fraction of sp³-hybridized carbons (Fsp3) is 0.458. The Kier molecular flexibility index (Phi) is 9.25. The van der Waals surface area contributed by atoms with Gasteiger partial charge in [-0.25, -0.2) is 19.3 Å². The first-order chi connectivity index (χ1) is 19.7. The molecule has 4 heterocycles. The Morgan fingerprint density at radius 3 is 2.55 bits per heavy atom. The van der Waals surface area contributed by atoms with Crippen LogP contribution in [-0.4, -0.2) is 86.2 Å². The molecule has 0 saturated carbocycles. The molecule has 0 bridgehead atoms. The summed E-state index contributed by atoms with van der Waals surface area (Å²) in [5.41, 5.74) is 5.36. The smallest absolute Gasteiger partial charge is 0.475 e. The third kappa shape index (κ3) is 6.58. The number of aliphatic carboxylic acids is 1. The number of carboxylic acid groups (broad SMARTS) is 1. The van der Waals surface area contributed by atoms with Crippen LogP contribution in [0.15, 0.2) is 48.9 Å². The molecule has 0 unspecified atom stereocenters. The topological polar surface area (TPSA) is 198 Å². The van der Waals surface area contributed by atoms with E-state index in [2.05, 4.69) is 9.97 Å². The Hall–Kier alpha value is -3.15. The summed E-state index contributed by atoms with van der Waals surface area (Å²) in [6, 6.07) is 10.9. The molecule has 7 atom stereocenters. The number of aliphatic hydroxyl groups excluding tert-OH is 1. The minimum atomic E-state index is -5.08. The molecule has 0 amide bonds. The number of rotatable bonds is 6. The number of anilines is 1. The molecule has 14 nitrogen and oxygen atoms in total. The number of carboxylic acids is 1. The molecule has 3 aromatic rings. The average Bonchev–Trinajstić information content (AvgIpc) is 3.47. The van der Waals surface area contributed by atoms with Crippen LogP contribution in [0.3, 0.4) is 0 Å². The van der Waals surface area contributed by atoms with Crippen molar-refractivity contribution in [1.82, 2.24) is 14.5 Å². The van der Waals surface area contributed by atoms with Crippen molar-refractivity contribution in [3.63, 3.8) is 0 Å². The van der Waals surface area contributed by atoms with E-state index < -0.39 is 56.2 Å². The lowest BCUT2D eigenvalue weighted by molar-refractivity contribution is -0.192. The lowest BCUT2D eigenvalue weighted by Gasteiger charge is -2.35. The lowest BCUT2D eigenvalue weighted by Crippen LogP contribution is -2.44. The molecular formula is C24H28F3N4O10P. The van der Waals surface area contributed by atoms with Crippen LogP contribution in [0, 0.1) is 0 Å². The van der Waals surface area contributed by atoms with E-state index in [-0.39, 0.29) is 19.0 Å². The fourth-order valence-electron chi connectivity index (χ4n) is 4.39. The number of phosphoric ester groups is 1. The second kappa shape index (κ2) is 12.2. The van der Waals surface area contributed by atoms with Gasteiger partial charge < -0.3 is 35.1 Å². The number of nitrogens with two attached hydrogens (primary N) is 1. The summed E-state index contributed by atoms with van der Waals surface area (Å²) in [7, 11) is -2.52. The molecule has 2 fully saturated rings. The van der Waals surface area contributed by atoms with Crippen LogP contribution < -0.4 is 5.73 Å². The molecule has 0 radical (unpaired) electrons. The zero-order chi connectivity index (χ0) is 30.9. The number of aromatic nitrogens is 3. The summed E-state index contributed by atoms with van der Waals surface area (Å²) in [6.07, 6.45) is -6.76. The van der Waals surface area contributed by atoms with Crippen molar-refractivity contribution >= 4 is 30.6 Å². The zero-order valence-electron chi connectivity index (χ0n) is 22.1. The maximum Gasteiger partial charge on any atom is 0.490 e. The average molecular weight is 620 g/mol. The van der Waals surface area contributed by atoms with Gasteiger partial charge in [-0.05, 0) is 18.6 Å². The molecule has 0 aliphatic carbocycles. The fourth-order valence-corrected chi connectivity index (χ4v) is 5.78. The predicted octanol–water partition coefficient (Wildman–Crippen LogP) is 2.58. The molecule has 0 spiro atoms. The number of phosphoric acid groups is 1. The van der Waals surface area contributed by atoms with Crippen LogP contribution in [0.4, 0.5) is 19.0 Å². The van der Waals surface area contributed by atoms with E-state index in [9.17, 15) is 27.9 Å². The molecule has 2 aliphatic heterocycles. The zero-order valence-corrected chi connectivity index (χ0v) is 23.0. The predicted molar refractivity (Wildman–Crippen MR) is 137 cm³/mol. The summed E-state index contributed by atoms with van der Waals surface area (Å²) < 4.78 is 74.6. The molecule has 230 valence electrons. The van der Waals surface area contributed by atoms with Gasteiger partial charge in [-0.3, -0.25) is 13.6 Å². The number of hydrogen-bond donors (Lipinski definition) is 4. The number of ether oxygens (including phenoxy) is 2. The Labute approximate surface area is 236 Å². The van der Waals surface area contributed by atoms with Gasteiger partial charge in [0.1, 0.15) is 47.8 Å². The minimum absolute atomic E-state index is 0.0156. The largest absolute Gasteiger partial charge is 0.490 e. The molecule has 2 saturated heterocycles. The van der Waals surface area contributed by atoms with Crippen molar-refractivity contribution < 1.29 is 60.9 Å². The van der Waals surface area contributed by atoms with Crippen molar-refractivity contribution in [2.45, 2.75) is 49.3 Å². The number of carbonyl (C=O) groups is 1. The number of aliphatic hydroxyl groups is 2. The van der Waals surface area contributed by atoms with Crippen molar-refractivity contribution in [2.75, 3.05) is 26.1 Å². The quantitative estimate of drug-likeness (QED) is 0.294. The van der Waals surface area contributed by atoms with E-state index in [1.807, 2.05) is 30.3 Å². The highest BCUT2D eigenvalue weighted by atomic mass is 31.2. The SMILES string of the molecule is CO[C@@H]1CO[P@](=O)(OC[C@H]2O[C@@H](n3ccc4c(N)ncnc43)[C@](C)(O)[C@@H]2O)O[C@@H]1c1ccccc1.O=C(O)C(F)(F)F. The molecule has 18 heteroatoms. The van der Waals surface area contributed by atoms with Crippen molar-refractivity contribution in [2.24, 2.45) is 0 Å². The van der Waals surface area contributed by atoms with Crippen molar-refractivity contribution in [1.29, 1.82) is 0 Å². The number of alkyl halides is 3. The number of fused-ring (bicyclic) bond motifs is 1. The van der Waals surface area contributed by atoms with Crippen molar-refractivity contribution in [3.8, 4) is 0 Å². The number of nitrogens with zero attached hydrogens (tertiary/aromatic N) is 3. The van der Waals surface area contributed by atoms with Gasteiger partial charge in [0.2, 0.25) is 0 Å².